The van der Waals surface area contributed by atoms with Crippen molar-refractivity contribution in [2.45, 2.75) is 19.8 Å². The number of anilines is 1. The molecule has 152 valence electrons. The summed E-state index contributed by atoms with van der Waals surface area (Å²) in [6.07, 6.45) is 1.29. The smallest absolute Gasteiger partial charge is 0.325 e. The monoisotopic (exact) mass is 410 g/mol. The van der Waals surface area contributed by atoms with Crippen LogP contribution < -0.4 is 4.90 Å². The molecule has 0 radical (unpaired) electrons. The van der Waals surface area contributed by atoms with E-state index in [1.54, 1.807) is 0 Å². The zero-order chi connectivity index (χ0) is 20.9. The van der Waals surface area contributed by atoms with E-state index in [0.717, 1.165) is 34.6 Å². The number of nitrogens with zero attached hydrogens (tertiary/aromatic N) is 2. The minimum Gasteiger partial charge on any atom is -0.360 e. The molecule has 2 aromatic carbocycles. The molecule has 2 N–H and O–H groups in total. The Kier molecular flexibility index (Phi) is 6.86. The van der Waals surface area contributed by atoms with Crippen molar-refractivity contribution in [1.82, 2.24) is 4.98 Å². The van der Waals surface area contributed by atoms with E-state index in [1.807, 2.05) is 48.3 Å². The Morgan fingerprint density at radius 2 is 1.62 bits per heavy atom. The van der Waals surface area contributed by atoms with Crippen LogP contribution in [0.25, 0.3) is 22.4 Å². The highest BCUT2D eigenvalue weighted by Gasteiger charge is 2.15. The van der Waals surface area contributed by atoms with Gasteiger partial charge in [0.05, 0.1) is 11.9 Å². The maximum Gasteiger partial charge on any atom is 0.325 e. The number of benzene rings is 2. The Morgan fingerprint density at radius 3 is 2.24 bits per heavy atom. The Balaban J connectivity index is 1.94. The second-order valence-corrected chi connectivity index (χ2v) is 8.92. The number of hydrogen-bond donors (Lipinski definition) is 2. The third-order valence-corrected chi connectivity index (χ3v) is 5.83. The summed E-state index contributed by atoms with van der Waals surface area (Å²) in [6.45, 7) is 2.67. The van der Waals surface area contributed by atoms with Gasteiger partial charge >= 0.3 is 7.60 Å². The highest BCUT2D eigenvalue weighted by atomic mass is 31.2. The second kappa shape index (κ2) is 9.36. The van der Waals surface area contributed by atoms with Gasteiger partial charge in [0.15, 0.2) is 0 Å². The van der Waals surface area contributed by atoms with Gasteiger partial charge in [-0.3, -0.25) is 4.57 Å². The minimum absolute atomic E-state index is 0.120. The predicted molar refractivity (Wildman–Crippen MR) is 119 cm³/mol. The molecule has 0 atom stereocenters. The van der Waals surface area contributed by atoms with Gasteiger partial charge in [-0.1, -0.05) is 61.5 Å². The summed E-state index contributed by atoms with van der Waals surface area (Å²) in [5.74, 6) is 0.781. The van der Waals surface area contributed by atoms with E-state index >= 15 is 0 Å². The fourth-order valence-corrected chi connectivity index (χ4v) is 3.81. The Labute approximate surface area is 172 Å². The van der Waals surface area contributed by atoms with Gasteiger partial charge in [-0.15, -0.1) is 0 Å². The van der Waals surface area contributed by atoms with E-state index in [-0.39, 0.29) is 6.16 Å². The molecule has 1 aromatic heterocycles. The van der Waals surface area contributed by atoms with Crippen LogP contribution in [-0.2, 0) is 11.0 Å². The fourth-order valence-electron chi connectivity index (χ4n) is 3.26. The van der Waals surface area contributed by atoms with Crippen LogP contribution in [-0.4, -0.2) is 34.5 Å². The average Bonchev–Trinajstić information content (AvgIpc) is 2.73. The van der Waals surface area contributed by atoms with Gasteiger partial charge < -0.3 is 14.7 Å². The highest BCUT2D eigenvalue weighted by molar-refractivity contribution is 7.51. The lowest BCUT2D eigenvalue weighted by Crippen LogP contribution is -2.20. The van der Waals surface area contributed by atoms with E-state index in [4.69, 9.17) is 14.8 Å². The summed E-state index contributed by atoms with van der Waals surface area (Å²) < 4.78 is 11.1. The van der Waals surface area contributed by atoms with Crippen LogP contribution in [0.3, 0.4) is 0 Å². The molecular formula is C23H27N2O3P. The molecule has 3 aromatic rings. The van der Waals surface area contributed by atoms with Crippen molar-refractivity contribution in [3.8, 4) is 22.4 Å². The number of hydrogen-bond acceptors (Lipinski definition) is 3. The normalized spacial score (nSPS) is 11.4. The van der Waals surface area contributed by atoms with Crippen molar-refractivity contribution in [2.75, 3.05) is 24.7 Å². The van der Waals surface area contributed by atoms with Gasteiger partial charge in [-0.05, 0) is 36.1 Å². The molecule has 0 amide bonds. The van der Waals surface area contributed by atoms with Crippen LogP contribution in [0.15, 0.2) is 66.7 Å². The van der Waals surface area contributed by atoms with Crippen molar-refractivity contribution in [3.05, 3.63) is 72.3 Å². The minimum atomic E-state index is -3.97. The quantitative estimate of drug-likeness (QED) is 0.512. The summed E-state index contributed by atoms with van der Waals surface area (Å²) in [6, 6.07) is 22.7. The summed E-state index contributed by atoms with van der Waals surface area (Å²) >= 11 is 0. The van der Waals surface area contributed by atoms with Gasteiger partial charge in [0.2, 0.25) is 0 Å². The molecule has 0 spiro atoms. The summed E-state index contributed by atoms with van der Waals surface area (Å²) in [5.41, 5.74) is 5.40. The first kappa shape index (κ1) is 21.3. The van der Waals surface area contributed by atoms with Crippen LogP contribution in [0.5, 0.6) is 0 Å². The maximum absolute atomic E-state index is 11.1. The van der Waals surface area contributed by atoms with Crippen molar-refractivity contribution in [2.24, 2.45) is 0 Å². The first-order valence-corrected chi connectivity index (χ1v) is 11.6. The molecule has 29 heavy (non-hydrogen) atoms. The lowest BCUT2D eigenvalue weighted by atomic mass is 9.98. The maximum atomic E-state index is 11.1. The Bertz CT molecular complexity index is 985. The van der Waals surface area contributed by atoms with Gasteiger partial charge in [0, 0.05) is 24.7 Å². The van der Waals surface area contributed by atoms with Gasteiger partial charge in [-0.25, -0.2) is 4.98 Å². The zero-order valence-corrected chi connectivity index (χ0v) is 17.7. The standard InChI is InChI=1S/C23H27N2O3P/c1-3-18-10-12-19(13-11-18)21-14-15-22(25(2)16-7-17-29(26,27)28)24-23(21)20-8-5-4-6-9-20/h4-6,8-15H,3,7,16-17H2,1-2H3,(H2,26,27,28). The largest absolute Gasteiger partial charge is 0.360 e. The molecule has 0 bridgehead atoms. The summed E-state index contributed by atoms with van der Waals surface area (Å²) in [7, 11) is -2.08. The molecule has 0 saturated heterocycles. The van der Waals surface area contributed by atoms with E-state index < -0.39 is 7.60 Å². The molecule has 1 heterocycles. The topological polar surface area (TPSA) is 73.7 Å². The van der Waals surface area contributed by atoms with Crippen molar-refractivity contribution >= 4 is 13.4 Å². The number of rotatable bonds is 8. The van der Waals surface area contributed by atoms with E-state index in [1.165, 1.54) is 5.56 Å². The SMILES string of the molecule is CCc1ccc(-c2ccc(N(C)CCCP(=O)(O)O)nc2-c2ccccc2)cc1. The van der Waals surface area contributed by atoms with Crippen LogP contribution in [0.4, 0.5) is 5.82 Å². The lowest BCUT2D eigenvalue weighted by Gasteiger charge is -2.20. The number of aromatic nitrogens is 1. The number of pyridine rings is 1. The average molecular weight is 410 g/mol. The van der Waals surface area contributed by atoms with Gasteiger partial charge in [0.1, 0.15) is 5.82 Å². The lowest BCUT2D eigenvalue weighted by molar-refractivity contribution is 0.372. The Hall–Kier alpha value is -2.46. The molecule has 0 aliphatic rings. The summed E-state index contributed by atoms with van der Waals surface area (Å²) in [5, 5.41) is 0. The molecule has 3 rings (SSSR count). The molecule has 0 saturated carbocycles. The molecule has 0 aliphatic carbocycles. The van der Waals surface area contributed by atoms with Crippen LogP contribution in [0.1, 0.15) is 18.9 Å². The molecule has 5 nitrogen and oxygen atoms in total. The highest BCUT2D eigenvalue weighted by Crippen LogP contribution is 2.35. The molecule has 6 heteroatoms. The first-order chi connectivity index (χ1) is 13.9. The van der Waals surface area contributed by atoms with Crippen molar-refractivity contribution < 1.29 is 14.4 Å². The molecule has 0 fully saturated rings. The van der Waals surface area contributed by atoms with Crippen LogP contribution in [0.2, 0.25) is 0 Å². The van der Waals surface area contributed by atoms with Crippen LogP contribution >= 0.6 is 7.60 Å². The predicted octanol–water partition coefficient (Wildman–Crippen LogP) is 4.98. The van der Waals surface area contributed by atoms with Gasteiger partial charge in [0.25, 0.3) is 0 Å². The van der Waals surface area contributed by atoms with Crippen molar-refractivity contribution in [3.63, 3.8) is 0 Å². The summed E-state index contributed by atoms with van der Waals surface area (Å²) in [4.78, 5) is 25.0. The fraction of sp³-hybridized carbons (Fsp3) is 0.261. The first-order valence-electron chi connectivity index (χ1n) is 9.79. The third kappa shape index (κ3) is 5.77. The molecule has 0 aliphatic heterocycles. The zero-order valence-electron chi connectivity index (χ0n) is 16.8. The molecule has 0 unspecified atom stereocenters. The van der Waals surface area contributed by atoms with Crippen molar-refractivity contribution in [1.29, 1.82) is 0 Å². The molecular weight excluding hydrogens is 383 g/mol. The van der Waals surface area contributed by atoms with E-state index in [9.17, 15) is 4.57 Å². The Morgan fingerprint density at radius 1 is 0.931 bits per heavy atom. The van der Waals surface area contributed by atoms with Crippen LogP contribution in [0, 0.1) is 0 Å². The second-order valence-electron chi connectivity index (χ2n) is 7.15. The van der Waals surface area contributed by atoms with Gasteiger partial charge in [-0.2, -0.15) is 0 Å². The number of aryl methyl sites for hydroxylation is 1. The van der Waals surface area contributed by atoms with E-state index in [2.05, 4.69) is 37.3 Å². The third-order valence-electron chi connectivity index (χ3n) is 4.93. The van der Waals surface area contributed by atoms with E-state index in [0.29, 0.717) is 13.0 Å².